The van der Waals surface area contributed by atoms with Gasteiger partial charge in [0.15, 0.2) is 0 Å². The first-order valence-electron chi connectivity index (χ1n) is 10.4. The van der Waals surface area contributed by atoms with Crippen LogP contribution in [-0.2, 0) is 16.1 Å². The third-order valence-electron chi connectivity index (χ3n) is 5.71. The van der Waals surface area contributed by atoms with Crippen LogP contribution in [0.2, 0.25) is 0 Å². The number of benzene rings is 2. The molecular weight excluding hydrogens is 435 g/mol. The third-order valence-corrected chi connectivity index (χ3v) is 6.65. The standard InChI is InChI=1S/C22H23FN4O4S/c23-18-6-5-17(12-20(18)27(30)31)26-14-16(11-21(26)28)22(29)24-19-4-2-1-3-15(19)13-25-7-9-32-10-8-25/h1-6,12,16H,7-11,13-14H2,(H,24,29). The van der Waals surface area contributed by atoms with Crippen LogP contribution in [0.3, 0.4) is 0 Å². The number of carbonyl (C=O) groups is 2. The molecule has 0 aromatic heterocycles. The highest BCUT2D eigenvalue weighted by Gasteiger charge is 2.36. The molecule has 8 nitrogen and oxygen atoms in total. The fourth-order valence-electron chi connectivity index (χ4n) is 3.96. The average Bonchev–Trinajstić information content (AvgIpc) is 3.18. The van der Waals surface area contributed by atoms with E-state index in [-0.39, 0.29) is 30.5 Å². The van der Waals surface area contributed by atoms with Crippen molar-refractivity contribution in [3.63, 3.8) is 0 Å². The number of thioether (sulfide) groups is 1. The molecule has 2 amide bonds. The lowest BCUT2D eigenvalue weighted by Crippen LogP contribution is -2.32. The van der Waals surface area contributed by atoms with Gasteiger partial charge in [0.2, 0.25) is 17.6 Å². The van der Waals surface area contributed by atoms with E-state index < -0.39 is 22.3 Å². The predicted molar refractivity (Wildman–Crippen MR) is 121 cm³/mol. The second kappa shape index (κ2) is 9.66. The second-order valence-electron chi connectivity index (χ2n) is 7.83. The van der Waals surface area contributed by atoms with E-state index in [4.69, 9.17) is 0 Å². The molecule has 2 saturated heterocycles. The zero-order chi connectivity index (χ0) is 22.7. The highest BCUT2D eigenvalue weighted by atomic mass is 32.2. The van der Waals surface area contributed by atoms with Gasteiger partial charge in [-0.05, 0) is 23.8 Å². The molecule has 0 spiro atoms. The van der Waals surface area contributed by atoms with Crippen LogP contribution in [0.5, 0.6) is 0 Å². The minimum Gasteiger partial charge on any atom is -0.325 e. The Kier molecular flexibility index (Phi) is 6.71. The van der Waals surface area contributed by atoms with Gasteiger partial charge < -0.3 is 10.2 Å². The van der Waals surface area contributed by atoms with Crippen LogP contribution in [0.1, 0.15) is 12.0 Å². The molecule has 1 atom stereocenters. The summed E-state index contributed by atoms with van der Waals surface area (Å²) in [5.74, 6) is 0.00513. The highest BCUT2D eigenvalue weighted by Crippen LogP contribution is 2.30. The Labute approximate surface area is 188 Å². The van der Waals surface area contributed by atoms with Crippen LogP contribution in [-0.4, -0.2) is 52.8 Å². The number of amides is 2. The Morgan fingerprint density at radius 3 is 2.72 bits per heavy atom. The first-order chi connectivity index (χ1) is 15.4. The first-order valence-corrected chi connectivity index (χ1v) is 11.5. The number of carbonyl (C=O) groups excluding carboxylic acids is 2. The number of nitrogens with one attached hydrogen (secondary N) is 1. The summed E-state index contributed by atoms with van der Waals surface area (Å²) in [7, 11) is 0. The lowest BCUT2D eigenvalue weighted by Gasteiger charge is -2.27. The van der Waals surface area contributed by atoms with E-state index in [0.717, 1.165) is 54.5 Å². The number of hydrogen-bond acceptors (Lipinski definition) is 6. The largest absolute Gasteiger partial charge is 0.325 e. The number of halogens is 1. The van der Waals surface area contributed by atoms with Gasteiger partial charge in [0.1, 0.15) is 0 Å². The average molecular weight is 459 g/mol. The Morgan fingerprint density at radius 1 is 1.22 bits per heavy atom. The fourth-order valence-corrected chi connectivity index (χ4v) is 4.94. The molecule has 0 saturated carbocycles. The molecule has 2 aliphatic heterocycles. The van der Waals surface area contributed by atoms with Crippen molar-refractivity contribution >= 4 is 40.6 Å². The molecule has 10 heteroatoms. The van der Waals surface area contributed by atoms with Crippen LogP contribution >= 0.6 is 11.8 Å². The number of para-hydroxylation sites is 1. The molecule has 0 aliphatic carbocycles. The summed E-state index contributed by atoms with van der Waals surface area (Å²) in [6, 6.07) is 10.9. The number of hydrogen-bond donors (Lipinski definition) is 1. The van der Waals surface area contributed by atoms with Crippen molar-refractivity contribution in [2.75, 3.05) is 41.4 Å². The van der Waals surface area contributed by atoms with Gasteiger partial charge in [-0.25, -0.2) is 0 Å². The quantitative estimate of drug-likeness (QED) is 0.527. The van der Waals surface area contributed by atoms with Crippen molar-refractivity contribution in [2.45, 2.75) is 13.0 Å². The van der Waals surface area contributed by atoms with Crippen molar-refractivity contribution in [3.05, 3.63) is 64.0 Å². The Balaban J connectivity index is 1.45. The SMILES string of the molecule is O=C(Nc1ccccc1CN1CCSCC1)C1CC(=O)N(c2ccc(F)c([N+](=O)[O-])c2)C1. The minimum absolute atomic E-state index is 0.0114. The zero-order valence-corrected chi connectivity index (χ0v) is 18.1. The van der Waals surface area contributed by atoms with Gasteiger partial charge >= 0.3 is 5.69 Å². The molecule has 2 aromatic carbocycles. The summed E-state index contributed by atoms with van der Waals surface area (Å²) in [5, 5.41) is 14.0. The number of nitro groups is 1. The van der Waals surface area contributed by atoms with Gasteiger partial charge in [0.25, 0.3) is 0 Å². The topological polar surface area (TPSA) is 95.8 Å². The lowest BCUT2D eigenvalue weighted by atomic mass is 10.1. The maximum Gasteiger partial charge on any atom is 0.306 e. The van der Waals surface area contributed by atoms with Crippen LogP contribution in [0.15, 0.2) is 42.5 Å². The maximum atomic E-state index is 13.6. The van der Waals surface area contributed by atoms with Crippen molar-refractivity contribution in [1.82, 2.24) is 4.90 Å². The van der Waals surface area contributed by atoms with Crippen LogP contribution in [0.25, 0.3) is 0 Å². The van der Waals surface area contributed by atoms with Crippen molar-refractivity contribution in [3.8, 4) is 0 Å². The van der Waals surface area contributed by atoms with Crippen LogP contribution in [0, 0.1) is 21.8 Å². The molecule has 32 heavy (non-hydrogen) atoms. The summed E-state index contributed by atoms with van der Waals surface area (Å²) in [5.41, 5.74) is 1.25. The van der Waals surface area contributed by atoms with Crippen molar-refractivity contribution < 1.29 is 18.9 Å². The van der Waals surface area contributed by atoms with E-state index >= 15 is 0 Å². The minimum atomic E-state index is -0.969. The normalized spacial score (nSPS) is 19.2. The van der Waals surface area contributed by atoms with E-state index in [1.807, 2.05) is 36.0 Å². The molecule has 0 bridgehead atoms. The van der Waals surface area contributed by atoms with E-state index in [1.165, 1.54) is 11.0 Å². The summed E-state index contributed by atoms with van der Waals surface area (Å²) in [4.78, 5) is 39.3. The van der Waals surface area contributed by atoms with Gasteiger partial charge in [0, 0.05) is 55.9 Å². The summed E-state index contributed by atoms with van der Waals surface area (Å²) in [6.45, 7) is 2.83. The molecule has 2 aliphatic rings. The highest BCUT2D eigenvalue weighted by molar-refractivity contribution is 7.99. The van der Waals surface area contributed by atoms with Gasteiger partial charge in [0.05, 0.1) is 16.5 Å². The summed E-state index contributed by atoms with van der Waals surface area (Å²) >= 11 is 1.94. The Morgan fingerprint density at radius 2 is 1.97 bits per heavy atom. The molecular formula is C22H23FN4O4S. The Bertz CT molecular complexity index is 1040. The molecule has 2 fully saturated rings. The van der Waals surface area contributed by atoms with Crippen LogP contribution in [0.4, 0.5) is 21.5 Å². The van der Waals surface area contributed by atoms with Crippen molar-refractivity contribution in [1.29, 1.82) is 0 Å². The second-order valence-corrected chi connectivity index (χ2v) is 9.06. The molecule has 168 valence electrons. The molecule has 2 aromatic rings. The monoisotopic (exact) mass is 458 g/mol. The van der Waals surface area contributed by atoms with Gasteiger partial charge in [-0.1, -0.05) is 18.2 Å². The summed E-state index contributed by atoms with van der Waals surface area (Å²) < 4.78 is 13.6. The third kappa shape index (κ3) is 4.91. The van der Waals surface area contributed by atoms with E-state index in [1.54, 1.807) is 0 Å². The maximum absolute atomic E-state index is 13.6. The smallest absolute Gasteiger partial charge is 0.306 e. The molecule has 4 rings (SSSR count). The molecule has 1 N–H and O–H groups in total. The number of nitrogens with zero attached hydrogens (tertiary/aromatic N) is 3. The van der Waals surface area contributed by atoms with Gasteiger partial charge in [-0.15, -0.1) is 0 Å². The molecule has 0 radical (unpaired) electrons. The predicted octanol–water partition coefficient (Wildman–Crippen LogP) is 3.27. The van der Waals surface area contributed by atoms with E-state index in [9.17, 15) is 24.1 Å². The molecule has 2 heterocycles. The number of nitro benzene ring substituents is 1. The fraction of sp³-hybridized carbons (Fsp3) is 0.364. The van der Waals surface area contributed by atoms with Gasteiger partial charge in [-0.3, -0.25) is 24.6 Å². The number of anilines is 2. The Hall–Kier alpha value is -2.98. The number of rotatable bonds is 6. The first kappa shape index (κ1) is 22.2. The molecule has 1 unspecified atom stereocenters. The lowest BCUT2D eigenvalue weighted by molar-refractivity contribution is -0.387. The summed E-state index contributed by atoms with van der Waals surface area (Å²) in [6.07, 6.45) is -0.0114. The van der Waals surface area contributed by atoms with Crippen molar-refractivity contribution in [2.24, 2.45) is 5.92 Å². The van der Waals surface area contributed by atoms with E-state index in [2.05, 4.69) is 10.2 Å². The van der Waals surface area contributed by atoms with E-state index in [0.29, 0.717) is 0 Å². The zero-order valence-electron chi connectivity index (χ0n) is 17.3. The van der Waals surface area contributed by atoms with Gasteiger partial charge in [-0.2, -0.15) is 16.2 Å². The van der Waals surface area contributed by atoms with Crippen LogP contribution < -0.4 is 10.2 Å².